The van der Waals surface area contributed by atoms with Gasteiger partial charge in [0.1, 0.15) is 0 Å². The molecular formula is C14H17N3O4S. The highest BCUT2D eigenvalue weighted by molar-refractivity contribution is 7.89. The van der Waals surface area contributed by atoms with Gasteiger partial charge < -0.3 is 4.98 Å². The Balaban J connectivity index is 2.61. The minimum absolute atomic E-state index is 0.000601. The van der Waals surface area contributed by atoms with Gasteiger partial charge in [0.15, 0.2) is 0 Å². The Morgan fingerprint density at radius 3 is 2.55 bits per heavy atom. The summed E-state index contributed by atoms with van der Waals surface area (Å²) in [6.07, 6.45) is 0. The Morgan fingerprint density at radius 2 is 1.95 bits per heavy atom. The number of sulfonamides is 1. The van der Waals surface area contributed by atoms with Gasteiger partial charge in [0.05, 0.1) is 15.8 Å². The van der Waals surface area contributed by atoms with Crippen molar-refractivity contribution in [3.63, 3.8) is 0 Å². The number of H-pyrrole nitrogens is 2. The standard InChI is InChI=1S/C14H17N3O4S/c1-4-17(8-9(2)3)22(20,21)10-5-6-12-11(7-10)13(18)16-14(19)15-12/h5-7H,2,4,8H2,1,3H3,(H2,15,16,18,19). The zero-order chi connectivity index (χ0) is 16.5. The van der Waals surface area contributed by atoms with Crippen molar-refractivity contribution in [1.29, 1.82) is 0 Å². The van der Waals surface area contributed by atoms with E-state index in [2.05, 4.69) is 16.5 Å². The predicted molar refractivity (Wildman–Crippen MR) is 84.4 cm³/mol. The second-order valence-corrected chi connectivity index (χ2v) is 6.94. The number of nitrogens with zero attached hydrogens (tertiary/aromatic N) is 1. The van der Waals surface area contributed by atoms with Gasteiger partial charge in [-0.05, 0) is 25.1 Å². The Bertz CT molecular complexity index is 940. The summed E-state index contributed by atoms with van der Waals surface area (Å²) in [7, 11) is -3.74. The fourth-order valence-corrected chi connectivity index (χ4v) is 3.66. The second kappa shape index (κ2) is 5.90. The molecule has 0 aliphatic heterocycles. The molecule has 0 bridgehead atoms. The second-order valence-electron chi connectivity index (χ2n) is 5.00. The summed E-state index contributed by atoms with van der Waals surface area (Å²) in [5.41, 5.74) is -0.256. The average molecular weight is 323 g/mol. The fraction of sp³-hybridized carbons (Fsp3) is 0.286. The minimum atomic E-state index is -3.74. The van der Waals surface area contributed by atoms with Crippen LogP contribution < -0.4 is 11.2 Å². The fourth-order valence-electron chi connectivity index (χ4n) is 2.12. The molecule has 2 N–H and O–H groups in total. The molecule has 0 radical (unpaired) electrons. The van der Waals surface area contributed by atoms with E-state index in [4.69, 9.17) is 0 Å². The Labute approximate surface area is 127 Å². The van der Waals surface area contributed by atoms with Crippen LogP contribution in [0.2, 0.25) is 0 Å². The van der Waals surface area contributed by atoms with E-state index in [0.717, 1.165) is 0 Å². The Kier molecular flexibility index (Phi) is 4.34. The summed E-state index contributed by atoms with van der Waals surface area (Å²) in [6.45, 7) is 7.69. The molecule has 7 nitrogen and oxygen atoms in total. The lowest BCUT2D eigenvalue weighted by atomic mass is 10.2. The molecule has 0 aliphatic carbocycles. The summed E-state index contributed by atoms with van der Waals surface area (Å²) >= 11 is 0. The maximum absolute atomic E-state index is 12.6. The number of nitrogens with one attached hydrogen (secondary N) is 2. The van der Waals surface area contributed by atoms with Gasteiger partial charge in [-0.15, -0.1) is 0 Å². The molecule has 0 saturated heterocycles. The van der Waals surface area contributed by atoms with Crippen molar-refractivity contribution in [2.45, 2.75) is 18.7 Å². The molecule has 0 amide bonds. The highest BCUT2D eigenvalue weighted by atomic mass is 32.2. The molecule has 1 aromatic heterocycles. The molecule has 0 aliphatic rings. The molecule has 0 fully saturated rings. The number of benzene rings is 1. The third-order valence-corrected chi connectivity index (χ3v) is 5.06. The zero-order valence-corrected chi connectivity index (χ0v) is 13.2. The maximum atomic E-state index is 12.6. The van der Waals surface area contributed by atoms with Gasteiger partial charge in [0.2, 0.25) is 10.0 Å². The maximum Gasteiger partial charge on any atom is 0.326 e. The van der Waals surface area contributed by atoms with Crippen molar-refractivity contribution < 1.29 is 8.42 Å². The summed E-state index contributed by atoms with van der Waals surface area (Å²) in [5.74, 6) is 0. The van der Waals surface area contributed by atoms with Crippen LogP contribution in [0.5, 0.6) is 0 Å². The molecule has 0 saturated carbocycles. The molecule has 118 valence electrons. The lowest BCUT2D eigenvalue weighted by molar-refractivity contribution is 0.453. The number of aromatic amines is 2. The van der Waals surface area contributed by atoms with Crippen LogP contribution in [0, 0.1) is 0 Å². The van der Waals surface area contributed by atoms with E-state index in [1.807, 2.05) is 0 Å². The van der Waals surface area contributed by atoms with Crippen molar-refractivity contribution in [3.05, 3.63) is 51.2 Å². The topological polar surface area (TPSA) is 103 Å². The van der Waals surface area contributed by atoms with Crippen LogP contribution in [0.25, 0.3) is 10.9 Å². The number of likely N-dealkylation sites (N-methyl/N-ethyl adjacent to an activating group) is 1. The molecule has 1 aromatic carbocycles. The summed E-state index contributed by atoms with van der Waals surface area (Å²) in [4.78, 5) is 27.5. The summed E-state index contributed by atoms with van der Waals surface area (Å²) in [5, 5.41) is 0.118. The van der Waals surface area contributed by atoms with Crippen molar-refractivity contribution in [1.82, 2.24) is 14.3 Å². The van der Waals surface area contributed by atoms with E-state index < -0.39 is 21.3 Å². The summed E-state index contributed by atoms with van der Waals surface area (Å²) in [6, 6.07) is 4.04. The van der Waals surface area contributed by atoms with Gasteiger partial charge in [0.25, 0.3) is 5.56 Å². The first-order valence-corrected chi connectivity index (χ1v) is 8.10. The molecule has 2 rings (SSSR count). The van der Waals surface area contributed by atoms with E-state index in [1.165, 1.54) is 22.5 Å². The molecule has 8 heteroatoms. The molecule has 1 heterocycles. The quantitative estimate of drug-likeness (QED) is 0.794. The number of hydrogen-bond donors (Lipinski definition) is 2. The van der Waals surface area contributed by atoms with Crippen molar-refractivity contribution in [2.75, 3.05) is 13.1 Å². The van der Waals surface area contributed by atoms with Crippen LogP contribution in [-0.4, -0.2) is 35.8 Å². The number of hydrogen-bond acceptors (Lipinski definition) is 4. The Hall–Kier alpha value is -2.19. The van der Waals surface area contributed by atoms with Gasteiger partial charge >= 0.3 is 5.69 Å². The third-order valence-electron chi connectivity index (χ3n) is 3.15. The third kappa shape index (κ3) is 3.02. The monoisotopic (exact) mass is 323 g/mol. The van der Waals surface area contributed by atoms with E-state index in [9.17, 15) is 18.0 Å². The lowest BCUT2D eigenvalue weighted by Gasteiger charge is -2.20. The molecule has 2 aromatic rings. The molecular weight excluding hydrogens is 306 g/mol. The lowest BCUT2D eigenvalue weighted by Crippen LogP contribution is -2.32. The van der Waals surface area contributed by atoms with Gasteiger partial charge in [-0.25, -0.2) is 13.2 Å². The highest BCUT2D eigenvalue weighted by Crippen LogP contribution is 2.19. The van der Waals surface area contributed by atoms with Gasteiger partial charge in [-0.3, -0.25) is 9.78 Å². The first-order valence-electron chi connectivity index (χ1n) is 6.66. The summed E-state index contributed by atoms with van der Waals surface area (Å²) < 4.78 is 26.5. The van der Waals surface area contributed by atoms with Crippen LogP contribution in [-0.2, 0) is 10.0 Å². The number of rotatable bonds is 5. The largest absolute Gasteiger partial charge is 0.326 e. The van der Waals surface area contributed by atoms with Crippen LogP contribution in [0.4, 0.5) is 0 Å². The normalized spacial score (nSPS) is 12.0. The van der Waals surface area contributed by atoms with Crippen LogP contribution in [0.3, 0.4) is 0 Å². The van der Waals surface area contributed by atoms with Crippen molar-refractivity contribution >= 4 is 20.9 Å². The van der Waals surface area contributed by atoms with Gasteiger partial charge in [-0.2, -0.15) is 4.31 Å². The highest BCUT2D eigenvalue weighted by Gasteiger charge is 2.23. The smallest absolute Gasteiger partial charge is 0.307 e. The van der Waals surface area contributed by atoms with E-state index in [0.29, 0.717) is 5.57 Å². The average Bonchev–Trinajstić information content (AvgIpc) is 2.43. The van der Waals surface area contributed by atoms with Crippen LogP contribution >= 0.6 is 0 Å². The zero-order valence-electron chi connectivity index (χ0n) is 12.3. The van der Waals surface area contributed by atoms with Crippen molar-refractivity contribution in [3.8, 4) is 0 Å². The van der Waals surface area contributed by atoms with E-state index in [-0.39, 0.29) is 28.9 Å². The molecule has 0 spiro atoms. The van der Waals surface area contributed by atoms with E-state index in [1.54, 1.807) is 13.8 Å². The van der Waals surface area contributed by atoms with Crippen molar-refractivity contribution in [2.24, 2.45) is 0 Å². The number of fused-ring (bicyclic) bond motifs is 1. The first-order chi connectivity index (χ1) is 10.3. The van der Waals surface area contributed by atoms with Gasteiger partial charge in [0, 0.05) is 13.1 Å². The van der Waals surface area contributed by atoms with Crippen LogP contribution in [0.15, 0.2) is 44.8 Å². The molecule has 22 heavy (non-hydrogen) atoms. The SMILES string of the molecule is C=C(C)CN(CC)S(=O)(=O)c1ccc2[nH]c(=O)[nH]c(=O)c2c1. The molecule has 0 atom stereocenters. The Morgan fingerprint density at radius 1 is 1.27 bits per heavy atom. The molecule has 0 unspecified atom stereocenters. The van der Waals surface area contributed by atoms with E-state index >= 15 is 0 Å². The predicted octanol–water partition coefficient (Wildman–Crippen LogP) is 0.803. The van der Waals surface area contributed by atoms with Crippen LogP contribution in [0.1, 0.15) is 13.8 Å². The van der Waals surface area contributed by atoms with Gasteiger partial charge in [-0.1, -0.05) is 19.1 Å². The minimum Gasteiger partial charge on any atom is -0.307 e. The first kappa shape index (κ1) is 16.2. The number of aromatic nitrogens is 2.